The number of piperidine rings is 1. The standard InChI is InChI=1S/C27H27F2N5O3/c1-17-21(13-18-5-3-4-6-22(18)37-26(28)29)34-16-20(30-15-24(34)32-17)19-7-8-23(31-14-19)33-11-9-27(2,10-12-33)25(35)36/h3-8,14-16,26H,9-13H2,1-2H3,(H,35,36). The van der Waals surface area contributed by atoms with Crippen molar-refractivity contribution >= 4 is 17.4 Å². The van der Waals surface area contributed by atoms with Crippen LogP contribution in [0.1, 0.15) is 36.7 Å². The Hall–Kier alpha value is -4.08. The van der Waals surface area contributed by atoms with E-state index in [1.807, 2.05) is 29.7 Å². The van der Waals surface area contributed by atoms with Crippen LogP contribution in [-0.4, -0.2) is 50.1 Å². The van der Waals surface area contributed by atoms with Crippen LogP contribution < -0.4 is 9.64 Å². The van der Waals surface area contributed by atoms with Crippen molar-refractivity contribution < 1.29 is 23.4 Å². The number of carboxylic acid groups (broad SMARTS) is 1. The number of halogens is 2. The summed E-state index contributed by atoms with van der Waals surface area (Å²) in [5.41, 5.74) is 3.74. The second-order valence-corrected chi connectivity index (χ2v) is 9.57. The van der Waals surface area contributed by atoms with Gasteiger partial charge in [0.25, 0.3) is 0 Å². The van der Waals surface area contributed by atoms with Crippen LogP contribution in [0.3, 0.4) is 0 Å². The molecule has 10 heteroatoms. The monoisotopic (exact) mass is 507 g/mol. The van der Waals surface area contributed by atoms with Crippen molar-refractivity contribution in [2.24, 2.45) is 5.41 Å². The van der Waals surface area contributed by atoms with Crippen LogP contribution in [0.4, 0.5) is 14.6 Å². The molecule has 1 fully saturated rings. The smallest absolute Gasteiger partial charge is 0.387 e. The zero-order valence-electron chi connectivity index (χ0n) is 20.6. The zero-order chi connectivity index (χ0) is 26.2. The number of aryl methyl sites for hydroxylation is 1. The Bertz CT molecular complexity index is 1430. The van der Waals surface area contributed by atoms with Crippen molar-refractivity contribution in [2.75, 3.05) is 18.0 Å². The average molecular weight is 508 g/mol. The van der Waals surface area contributed by atoms with Crippen LogP contribution in [0.5, 0.6) is 5.75 Å². The number of carbonyl (C=O) groups is 1. The second kappa shape index (κ2) is 9.76. The van der Waals surface area contributed by atoms with Crippen LogP contribution in [-0.2, 0) is 11.2 Å². The Labute approximate surface area is 212 Å². The number of para-hydroxylation sites is 1. The molecule has 5 rings (SSSR count). The molecule has 1 aromatic carbocycles. The molecule has 3 aromatic heterocycles. The maximum absolute atomic E-state index is 12.9. The second-order valence-electron chi connectivity index (χ2n) is 9.57. The number of hydrogen-bond donors (Lipinski definition) is 1. The largest absolute Gasteiger partial charge is 0.481 e. The molecule has 0 radical (unpaired) electrons. The molecule has 8 nitrogen and oxygen atoms in total. The van der Waals surface area contributed by atoms with E-state index in [0.717, 1.165) is 22.8 Å². The summed E-state index contributed by atoms with van der Waals surface area (Å²) in [5, 5.41) is 9.46. The Kier molecular flexibility index (Phi) is 6.49. The average Bonchev–Trinajstić information content (AvgIpc) is 3.19. The fourth-order valence-electron chi connectivity index (χ4n) is 4.69. The van der Waals surface area contributed by atoms with Gasteiger partial charge in [-0.3, -0.25) is 14.2 Å². The number of benzene rings is 1. The van der Waals surface area contributed by atoms with Crippen LogP contribution in [0.2, 0.25) is 0 Å². The molecule has 0 spiro atoms. The van der Waals surface area contributed by atoms with Crippen molar-refractivity contribution in [1.82, 2.24) is 19.4 Å². The summed E-state index contributed by atoms with van der Waals surface area (Å²) in [7, 11) is 0. The first-order chi connectivity index (χ1) is 17.7. The normalized spacial score (nSPS) is 15.3. The third-order valence-corrected chi connectivity index (χ3v) is 7.11. The van der Waals surface area contributed by atoms with Gasteiger partial charge in [-0.15, -0.1) is 0 Å². The van der Waals surface area contributed by atoms with Gasteiger partial charge in [-0.1, -0.05) is 18.2 Å². The topological polar surface area (TPSA) is 92.9 Å². The number of fused-ring (bicyclic) bond motifs is 1. The Morgan fingerprint density at radius 2 is 1.89 bits per heavy atom. The van der Waals surface area contributed by atoms with Crippen molar-refractivity contribution in [3.05, 3.63) is 71.9 Å². The summed E-state index contributed by atoms with van der Waals surface area (Å²) < 4.78 is 32.4. The molecule has 0 atom stereocenters. The summed E-state index contributed by atoms with van der Waals surface area (Å²) in [6, 6.07) is 10.6. The molecule has 1 N–H and O–H groups in total. The van der Waals surface area contributed by atoms with Gasteiger partial charge in [0.15, 0.2) is 5.65 Å². The first kappa shape index (κ1) is 24.6. The van der Waals surface area contributed by atoms with E-state index >= 15 is 0 Å². The quantitative estimate of drug-likeness (QED) is 0.377. The summed E-state index contributed by atoms with van der Waals surface area (Å²) in [6.45, 7) is 2.04. The Balaban J connectivity index is 1.39. The first-order valence-electron chi connectivity index (χ1n) is 12.0. The summed E-state index contributed by atoms with van der Waals surface area (Å²) in [6.07, 6.45) is 6.80. The van der Waals surface area contributed by atoms with Gasteiger partial charge in [-0.05, 0) is 44.9 Å². The van der Waals surface area contributed by atoms with Gasteiger partial charge < -0.3 is 14.7 Å². The highest BCUT2D eigenvalue weighted by molar-refractivity contribution is 5.74. The minimum absolute atomic E-state index is 0.141. The molecule has 4 heterocycles. The molecule has 4 aromatic rings. The summed E-state index contributed by atoms with van der Waals surface area (Å²) in [5.74, 6) is 0.186. The van der Waals surface area contributed by atoms with Crippen LogP contribution in [0, 0.1) is 12.3 Å². The fraction of sp³-hybridized carbons (Fsp3) is 0.333. The van der Waals surface area contributed by atoms with Gasteiger partial charge in [-0.2, -0.15) is 8.78 Å². The SMILES string of the molecule is Cc1nc2cnc(-c3ccc(N4CCC(C)(C(=O)O)CC4)nc3)cn2c1Cc1ccccc1OC(F)F. The van der Waals surface area contributed by atoms with Crippen molar-refractivity contribution in [3.63, 3.8) is 0 Å². The fourth-order valence-corrected chi connectivity index (χ4v) is 4.69. The minimum atomic E-state index is -2.90. The maximum atomic E-state index is 12.9. The number of anilines is 1. The third kappa shape index (κ3) is 4.96. The first-order valence-corrected chi connectivity index (χ1v) is 12.0. The highest BCUT2D eigenvalue weighted by atomic mass is 19.3. The van der Waals surface area contributed by atoms with Gasteiger partial charge >= 0.3 is 12.6 Å². The van der Waals surface area contributed by atoms with E-state index in [-0.39, 0.29) is 5.75 Å². The number of alkyl halides is 2. The molecule has 0 aliphatic carbocycles. The summed E-state index contributed by atoms with van der Waals surface area (Å²) >= 11 is 0. The molecule has 0 unspecified atom stereocenters. The van der Waals surface area contributed by atoms with E-state index in [2.05, 4.69) is 19.9 Å². The van der Waals surface area contributed by atoms with E-state index in [1.165, 1.54) is 6.07 Å². The zero-order valence-corrected chi connectivity index (χ0v) is 20.6. The molecule has 0 saturated carbocycles. The number of pyridine rings is 1. The number of carboxylic acids is 1. The van der Waals surface area contributed by atoms with Crippen molar-refractivity contribution in [1.29, 1.82) is 0 Å². The molecule has 1 aliphatic rings. The maximum Gasteiger partial charge on any atom is 0.387 e. The summed E-state index contributed by atoms with van der Waals surface area (Å²) in [4.78, 5) is 27.4. The molecule has 0 amide bonds. The lowest BCUT2D eigenvalue weighted by Gasteiger charge is -2.37. The molecule has 1 saturated heterocycles. The number of nitrogens with zero attached hydrogens (tertiary/aromatic N) is 5. The van der Waals surface area contributed by atoms with Gasteiger partial charge in [0.2, 0.25) is 0 Å². The molecule has 1 aliphatic heterocycles. The minimum Gasteiger partial charge on any atom is -0.481 e. The van der Waals surface area contributed by atoms with Crippen LogP contribution in [0.25, 0.3) is 16.9 Å². The number of hydrogen-bond acceptors (Lipinski definition) is 6. The number of aromatic nitrogens is 4. The predicted octanol–water partition coefficient (Wildman–Crippen LogP) is 4.98. The molecule has 0 bridgehead atoms. The molecule has 37 heavy (non-hydrogen) atoms. The lowest BCUT2D eigenvalue weighted by molar-refractivity contribution is -0.149. The number of imidazole rings is 1. The molecular weight excluding hydrogens is 480 g/mol. The number of rotatable bonds is 7. The lowest BCUT2D eigenvalue weighted by Crippen LogP contribution is -2.43. The lowest BCUT2D eigenvalue weighted by atomic mass is 9.80. The van der Waals surface area contributed by atoms with E-state index in [9.17, 15) is 18.7 Å². The predicted molar refractivity (Wildman–Crippen MR) is 134 cm³/mol. The molecule has 192 valence electrons. The molecular formula is C27H27F2N5O3. The highest BCUT2D eigenvalue weighted by Crippen LogP contribution is 2.33. The van der Waals surface area contributed by atoms with E-state index < -0.39 is 18.0 Å². The van der Waals surface area contributed by atoms with E-state index in [0.29, 0.717) is 49.3 Å². The van der Waals surface area contributed by atoms with Crippen molar-refractivity contribution in [2.45, 2.75) is 39.7 Å². The van der Waals surface area contributed by atoms with Crippen LogP contribution in [0.15, 0.2) is 55.0 Å². The van der Waals surface area contributed by atoms with Gasteiger partial charge in [0, 0.05) is 43.0 Å². The van der Waals surface area contributed by atoms with Gasteiger partial charge in [0.05, 0.1) is 28.7 Å². The van der Waals surface area contributed by atoms with Gasteiger partial charge in [-0.25, -0.2) is 9.97 Å². The van der Waals surface area contributed by atoms with E-state index in [1.54, 1.807) is 37.5 Å². The van der Waals surface area contributed by atoms with E-state index in [4.69, 9.17) is 4.74 Å². The highest BCUT2D eigenvalue weighted by Gasteiger charge is 2.37. The Morgan fingerprint density at radius 3 is 2.57 bits per heavy atom. The number of aliphatic carboxylic acids is 1. The third-order valence-electron chi connectivity index (χ3n) is 7.11. The Morgan fingerprint density at radius 1 is 1.14 bits per heavy atom. The van der Waals surface area contributed by atoms with Crippen molar-refractivity contribution in [3.8, 4) is 17.0 Å². The van der Waals surface area contributed by atoms with Gasteiger partial charge in [0.1, 0.15) is 11.6 Å². The number of ether oxygens (including phenoxy) is 1. The van der Waals surface area contributed by atoms with Crippen LogP contribution >= 0.6 is 0 Å².